The third-order valence-corrected chi connectivity index (χ3v) is 5.89. The van der Waals surface area contributed by atoms with Gasteiger partial charge in [0.05, 0.1) is 13.2 Å². The normalized spacial score (nSPS) is 14.9. The van der Waals surface area contributed by atoms with E-state index < -0.39 is 6.04 Å². The minimum atomic E-state index is -0.407. The second-order valence-electron chi connectivity index (χ2n) is 8.31. The van der Waals surface area contributed by atoms with Crippen molar-refractivity contribution in [2.45, 2.75) is 19.5 Å². The molecule has 0 spiro atoms. The molecule has 1 amide bonds. The maximum Gasteiger partial charge on any atom is 0.246 e. The SMILES string of the molecule is Cc1ccc(NC(=O)[C@H](c2ccccc2)N(C)Cc2ccccc2N2CCOCC2)cc1. The average molecular weight is 430 g/mol. The lowest BCUT2D eigenvalue weighted by molar-refractivity contribution is -0.121. The Morgan fingerprint density at radius 1 is 0.969 bits per heavy atom. The Hall–Kier alpha value is -3.15. The van der Waals surface area contributed by atoms with Gasteiger partial charge in [-0.1, -0.05) is 66.2 Å². The minimum absolute atomic E-state index is 0.0357. The van der Waals surface area contributed by atoms with Crippen LogP contribution in [0.15, 0.2) is 78.9 Å². The summed E-state index contributed by atoms with van der Waals surface area (Å²) in [4.78, 5) is 17.9. The molecule has 3 aromatic rings. The Labute approximate surface area is 190 Å². The molecule has 3 aromatic carbocycles. The molecule has 0 aliphatic carbocycles. The van der Waals surface area contributed by atoms with E-state index in [4.69, 9.17) is 4.74 Å². The molecule has 1 saturated heterocycles. The lowest BCUT2D eigenvalue weighted by Crippen LogP contribution is -2.38. The number of benzene rings is 3. The molecule has 1 aliphatic heterocycles. The van der Waals surface area contributed by atoms with Crippen LogP contribution in [0.3, 0.4) is 0 Å². The zero-order chi connectivity index (χ0) is 22.3. The van der Waals surface area contributed by atoms with Crippen LogP contribution in [0, 0.1) is 6.92 Å². The summed E-state index contributed by atoms with van der Waals surface area (Å²) in [5.41, 5.74) is 5.38. The number of hydrogen-bond acceptors (Lipinski definition) is 4. The number of nitrogens with zero attached hydrogens (tertiary/aromatic N) is 2. The monoisotopic (exact) mass is 429 g/mol. The van der Waals surface area contributed by atoms with Gasteiger partial charge in [-0.05, 0) is 43.3 Å². The van der Waals surface area contributed by atoms with E-state index in [1.54, 1.807) is 0 Å². The van der Waals surface area contributed by atoms with Crippen molar-refractivity contribution in [3.05, 3.63) is 95.6 Å². The van der Waals surface area contributed by atoms with Crippen molar-refractivity contribution in [2.24, 2.45) is 0 Å². The van der Waals surface area contributed by atoms with Gasteiger partial charge in [0.1, 0.15) is 6.04 Å². The van der Waals surface area contributed by atoms with Crippen molar-refractivity contribution in [3.63, 3.8) is 0 Å². The number of carbonyl (C=O) groups is 1. The van der Waals surface area contributed by atoms with Crippen LogP contribution >= 0.6 is 0 Å². The first-order chi connectivity index (χ1) is 15.6. The largest absolute Gasteiger partial charge is 0.378 e. The van der Waals surface area contributed by atoms with Crippen LogP contribution in [0.5, 0.6) is 0 Å². The molecule has 1 aliphatic rings. The molecule has 1 atom stereocenters. The maximum absolute atomic E-state index is 13.4. The van der Waals surface area contributed by atoms with Crippen LogP contribution < -0.4 is 10.2 Å². The van der Waals surface area contributed by atoms with Crippen LogP contribution in [-0.2, 0) is 16.1 Å². The highest BCUT2D eigenvalue weighted by molar-refractivity contribution is 5.95. The molecular formula is C27H31N3O2. The summed E-state index contributed by atoms with van der Waals surface area (Å²) in [7, 11) is 2.02. The Kier molecular flexibility index (Phi) is 7.20. The highest BCUT2D eigenvalue weighted by atomic mass is 16.5. The van der Waals surface area contributed by atoms with Gasteiger partial charge < -0.3 is 15.0 Å². The summed E-state index contributed by atoms with van der Waals surface area (Å²) in [6.07, 6.45) is 0. The average Bonchev–Trinajstić information content (AvgIpc) is 2.82. The number of amides is 1. The molecule has 0 bridgehead atoms. The predicted molar refractivity (Wildman–Crippen MR) is 130 cm³/mol. The summed E-state index contributed by atoms with van der Waals surface area (Å²) in [6.45, 7) is 5.96. The number of rotatable bonds is 7. The van der Waals surface area contributed by atoms with Crippen LogP contribution in [0.1, 0.15) is 22.7 Å². The zero-order valence-electron chi connectivity index (χ0n) is 18.8. The van der Waals surface area contributed by atoms with Gasteiger partial charge >= 0.3 is 0 Å². The molecule has 0 saturated carbocycles. The van der Waals surface area contributed by atoms with Gasteiger partial charge in [-0.2, -0.15) is 0 Å². The second-order valence-corrected chi connectivity index (χ2v) is 8.31. The third-order valence-electron chi connectivity index (χ3n) is 5.89. The topological polar surface area (TPSA) is 44.8 Å². The van der Waals surface area contributed by atoms with Crippen LogP contribution in [0.25, 0.3) is 0 Å². The van der Waals surface area contributed by atoms with Crippen molar-refractivity contribution < 1.29 is 9.53 Å². The number of aryl methyl sites for hydroxylation is 1. The first-order valence-corrected chi connectivity index (χ1v) is 11.1. The van der Waals surface area contributed by atoms with Gasteiger partial charge in [0, 0.05) is 31.0 Å². The molecule has 0 radical (unpaired) electrons. The molecule has 4 rings (SSSR count). The molecule has 5 heteroatoms. The molecule has 32 heavy (non-hydrogen) atoms. The van der Waals surface area contributed by atoms with Gasteiger partial charge in [0.25, 0.3) is 0 Å². The van der Waals surface area contributed by atoms with Gasteiger partial charge in [0.2, 0.25) is 5.91 Å². The van der Waals surface area contributed by atoms with E-state index in [0.29, 0.717) is 6.54 Å². The Balaban J connectivity index is 1.58. The lowest BCUT2D eigenvalue weighted by Gasteiger charge is -2.33. The van der Waals surface area contributed by atoms with Crippen LogP contribution in [0.2, 0.25) is 0 Å². The Morgan fingerprint density at radius 3 is 2.34 bits per heavy atom. The summed E-state index contributed by atoms with van der Waals surface area (Å²) in [6, 6.07) is 25.9. The Morgan fingerprint density at radius 2 is 1.62 bits per heavy atom. The first kappa shape index (κ1) is 22.1. The van der Waals surface area contributed by atoms with E-state index in [9.17, 15) is 4.79 Å². The zero-order valence-corrected chi connectivity index (χ0v) is 18.8. The van der Waals surface area contributed by atoms with Crippen molar-refractivity contribution in [2.75, 3.05) is 43.6 Å². The fourth-order valence-electron chi connectivity index (χ4n) is 4.21. The van der Waals surface area contributed by atoms with E-state index in [2.05, 4.69) is 39.4 Å². The standard InChI is InChI=1S/C27H31N3O2/c1-21-12-14-24(15-13-21)28-27(31)26(22-8-4-3-5-9-22)29(2)20-23-10-6-7-11-25(23)30-16-18-32-19-17-30/h3-15,26H,16-20H2,1-2H3,(H,28,31)/t26-/m0/s1. The molecule has 1 heterocycles. The smallest absolute Gasteiger partial charge is 0.246 e. The lowest BCUT2D eigenvalue weighted by atomic mass is 10.0. The number of hydrogen-bond donors (Lipinski definition) is 1. The second kappa shape index (κ2) is 10.4. The van der Waals surface area contributed by atoms with Gasteiger partial charge in [-0.25, -0.2) is 0 Å². The van der Waals surface area contributed by atoms with E-state index in [0.717, 1.165) is 37.6 Å². The Bertz CT molecular complexity index is 1010. The molecule has 0 unspecified atom stereocenters. The number of morpholine rings is 1. The molecule has 0 aromatic heterocycles. The van der Waals surface area contributed by atoms with Crippen molar-refractivity contribution in [1.29, 1.82) is 0 Å². The van der Waals surface area contributed by atoms with Crippen molar-refractivity contribution in [1.82, 2.24) is 4.90 Å². The fraction of sp³-hybridized carbons (Fsp3) is 0.296. The molecule has 5 nitrogen and oxygen atoms in total. The number of nitrogens with one attached hydrogen (secondary N) is 1. The van der Waals surface area contributed by atoms with E-state index >= 15 is 0 Å². The van der Waals surface area contributed by atoms with Gasteiger partial charge in [-0.15, -0.1) is 0 Å². The molecule has 1 fully saturated rings. The number of para-hydroxylation sites is 1. The predicted octanol–water partition coefficient (Wildman–Crippen LogP) is 4.64. The van der Waals surface area contributed by atoms with Crippen LogP contribution in [0.4, 0.5) is 11.4 Å². The molecule has 1 N–H and O–H groups in total. The summed E-state index contributed by atoms with van der Waals surface area (Å²) in [5.74, 6) is -0.0357. The fourth-order valence-corrected chi connectivity index (χ4v) is 4.21. The molecule has 166 valence electrons. The molecular weight excluding hydrogens is 398 g/mol. The summed E-state index contributed by atoms with van der Waals surface area (Å²) < 4.78 is 5.53. The first-order valence-electron chi connectivity index (χ1n) is 11.1. The van der Waals surface area contributed by atoms with Gasteiger partial charge in [-0.3, -0.25) is 9.69 Å². The van der Waals surface area contributed by atoms with Crippen molar-refractivity contribution in [3.8, 4) is 0 Å². The highest BCUT2D eigenvalue weighted by Crippen LogP contribution is 2.28. The number of likely N-dealkylation sites (N-methyl/N-ethyl adjacent to an activating group) is 1. The van der Waals surface area contributed by atoms with Crippen LogP contribution in [-0.4, -0.2) is 44.2 Å². The third kappa shape index (κ3) is 5.36. The summed E-state index contributed by atoms with van der Waals surface area (Å²) >= 11 is 0. The van der Waals surface area contributed by atoms with Gasteiger partial charge in [0.15, 0.2) is 0 Å². The van der Waals surface area contributed by atoms with E-state index in [-0.39, 0.29) is 5.91 Å². The van der Waals surface area contributed by atoms with E-state index in [1.165, 1.54) is 16.8 Å². The van der Waals surface area contributed by atoms with Crippen molar-refractivity contribution >= 4 is 17.3 Å². The number of ether oxygens (including phenoxy) is 1. The quantitative estimate of drug-likeness (QED) is 0.594. The number of anilines is 2. The minimum Gasteiger partial charge on any atom is -0.378 e. The highest BCUT2D eigenvalue weighted by Gasteiger charge is 2.26. The number of carbonyl (C=O) groups excluding carboxylic acids is 1. The summed E-state index contributed by atoms with van der Waals surface area (Å²) in [5, 5.41) is 3.10. The maximum atomic E-state index is 13.4. The van der Waals surface area contributed by atoms with E-state index in [1.807, 2.05) is 68.6 Å².